The first kappa shape index (κ1) is 15.6. The van der Waals surface area contributed by atoms with Crippen LogP contribution < -0.4 is 5.56 Å². The van der Waals surface area contributed by atoms with Crippen LogP contribution >= 0.6 is 15.9 Å². The molecular formula is C15H15BrF2N2O2. The molecule has 0 bridgehead atoms. The summed E-state index contributed by atoms with van der Waals surface area (Å²) >= 11 is 3.34. The largest absolute Gasteiger partial charge is 0.394 e. The van der Waals surface area contributed by atoms with Crippen LogP contribution in [0.4, 0.5) is 8.78 Å². The molecule has 0 radical (unpaired) electrons. The fraction of sp³-hybridized carbons (Fsp3) is 0.467. The molecule has 0 spiro atoms. The van der Waals surface area contributed by atoms with Crippen molar-refractivity contribution in [2.24, 2.45) is 5.92 Å². The third-order valence-electron chi connectivity index (χ3n) is 4.04. The van der Waals surface area contributed by atoms with E-state index in [-0.39, 0.29) is 29.3 Å². The molecule has 1 N–H and O–H groups in total. The number of fused-ring (bicyclic) bond motifs is 1. The maximum Gasteiger partial charge on any atom is 0.286 e. The van der Waals surface area contributed by atoms with E-state index in [4.69, 9.17) is 0 Å². The lowest BCUT2D eigenvalue weighted by atomic mass is 10.1. The number of halogens is 3. The number of hydrogen-bond donors (Lipinski definition) is 1. The Labute approximate surface area is 133 Å². The summed E-state index contributed by atoms with van der Waals surface area (Å²) in [5, 5.41) is 10.2. The van der Waals surface area contributed by atoms with Gasteiger partial charge in [-0.25, -0.2) is 0 Å². The lowest BCUT2D eigenvalue weighted by Gasteiger charge is -2.19. The Bertz CT molecular complexity index is 781. The van der Waals surface area contributed by atoms with Gasteiger partial charge in [-0.15, -0.1) is 0 Å². The van der Waals surface area contributed by atoms with Gasteiger partial charge in [-0.1, -0.05) is 0 Å². The smallest absolute Gasteiger partial charge is 0.286 e. The highest BCUT2D eigenvalue weighted by atomic mass is 79.9. The van der Waals surface area contributed by atoms with E-state index >= 15 is 0 Å². The average molecular weight is 373 g/mol. The topological polar surface area (TPSA) is 55.1 Å². The van der Waals surface area contributed by atoms with E-state index in [9.17, 15) is 18.7 Å². The van der Waals surface area contributed by atoms with E-state index in [0.717, 1.165) is 19.8 Å². The number of aliphatic hydroxyl groups excluding tert-OH is 1. The van der Waals surface area contributed by atoms with Crippen LogP contribution in [-0.4, -0.2) is 21.3 Å². The van der Waals surface area contributed by atoms with Gasteiger partial charge in [0.25, 0.3) is 11.5 Å². The van der Waals surface area contributed by atoms with Gasteiger partial charge in [-0.3, -0.25) is 9.78 Å². The minimum absolute atomic E-state index is 0.124. The van der Waals surface area contributed by atoms with Crippen LogP contribution in [0.25, 0.3) is 10.8 Å². The first-order chi connectivity index (χ1) is 10.3. The second kappa shape index (κ2) is 5.38. The van der Waals surface area contributed by atoms with E-state index in [1.165, 1.54) is 16.8 Å². The summed E-state index contributed by atoms with van der Waals surface area (Å²) in [5.41, 5.74) is -0.693. The van der Waals surface area contributed by atoms with Crippen LogP contribution in [-0.2, 0) is 5.92 Å². The summed E-state index contributed by atoms with van der Waals surface area (Å²) in [7, 11) is 0. The van der Waals surface area contributed by atoms with Crippen molar-refractivity contribution in [2.75, 3.05) is 6.61 Å². The zero-order valence-electron chi connectivity index (χ0n) is 11.9. The van der Waals surface area contributed by atoms with E-state index in [1.54, 1.807) is 6.20 Å². The molecule has 1 atom stereocenters. The van der Waals surface area contributed by atoms with E-state index in [1.807, 2.05) is 0 Å². The molecule has 0 amide bonds. The number of alkyl halides is 2. The normalized spacial score (nSPS) is 17.0. The fourth-order valence-electron chi connectivity index (χ4n) is 2.64. The summed E-state index contributed by atoms with van der Waals surface area (Å²) in [6.45, 7) is 0.645. The van der Waals surface area contributed by atoms with Crippen LogP contribution in [0, 0.1) is 5.92 Å². The van der Waals surface area contributed by atoms with Crippen molar-refractivity contribution in [3.63, 3.8) is 0 Å². The standard InChI is InChI=1S/C15H15BrF2N2O2/c1-15(17,18)13-4-9-10(5-19-13)14(22)20(6-11(9)16)12(7-21)8-2-3-8/h4-6,8,12,21H,2-3,7H2,1H3. The molecule has 2 aromatic rings. The van der Waals surface area contributed by atoms with Crippen molar-refractivity contribution in [1.29, 1.82) is 0 Å². The van der Waals surface area contributed by atoms with Crippen molar-refractivity contribution in [3.05, 3.63) is 39.0 Å². The van der Waals surface area contributed by atoms with Crippen LogP contribution in [0.15, 0.2) is 27.7 Å². The number of hydrogen-bond acceptors (Lipinski definition) is 3. The molecule has 0 aromatic carbocycles. The van der Waals surface area contributed by atoms with E-state index in [2.05, 4.69) is 20.9 Å². The second-order valence-electron chi connectivity index (χ2n) is 5.78. The van der Waals surface area contributed by atoms with Crippen LogP contribution in [0.1, 0.15) is 31.5 Å². The van der Waals surface area contributed by atoms with Gasteiger partial charge in [0.1, 0.15) is 5.69 Å². The molecule has 1 saturated carbocycles. The first-order valence-electron chi connectivity index (χ1n) is 7.02. The third-order valence-corrected chi connectivity index (χ3v) is 4.67. The molecule has 2 aromatic heterocycles. The quantitative estimate of drug-likeness (QED) is 0.896. The van der Waals surface area contributed by atoms with Crippen molar-refractivity contribution < 1.29 is 13.9 Å². The molecule has 2 heterocycles. The average Bonchev–Trinajstić information content (AvgIpc) is 3.28. The Kier molecular flexibility index (Phi) is 3.81. The molecule has 1 aliphatic carbocycles. The molecular weight excluding hydrogens is 358 g/mol. The molecule has 1 aliphatic rings. The molecule has 22 heavy (non-hydrogen) atoms. The van der Waals surface area contributed by atoms with Gasteiger partial charge in [-0.2, -0.15) is 8.78 Å². The Morgan fingerprint density at radius 2 is 2.18 bits per heavy atom. The molecule has 118 valence electrons. The Balaban J connectivity index is 2.20. The minimum Gasteiger partial charge on any atom is -0.394 e. The molecule has 1 fully saturated rings. The zero-order chi connectivity index (χ0) is 16.1. The van der Waals surface area contributed by atoms with Crippen molar-refractivity contribution >= 4 is 26.7 Å². The Morgan fingerprint density at radius 3 is 2.73 bits per heavy atom. The SMILES string of the molecule is CC(F)(F)c1cc2c(Br)cn(C(CO)C3CC3)c(=O)c2cn1. The van der Waals surface area contributed by atoms with Gasteiger partial charge in [0, 0.05) is 29.2 Å². The zero-order valence-corrected chi connectivity index (χ0v) is 13.5. The monoisotopic (exact) mass is 372 g/mol. The maximum atomic E-state index is 13.4. The second-order valence-corrected chi connectivity index (χ2v) is 6.63. The lowest BCUT2D eigenvalue weighted by Crippen LogP contribution is -2.28. The molecule has 0 saturated heterocycles. The summed E-state index contributed by atoms with van der Waals surface area (Å²) in [6, 6.07) is 0.955. The minimum atomic E-state index is -3.07. The third kappa shape index (κ3) is 2.67. The Morgan fingerprint density at radius 1 is 1.50 bits per heavy atom. The molecule has 0 aliphatic heterocycles. The van der Waals surface area contributed by atoms with Gasteiger partial charge in [0.2, 0.25) is 0 Å². The number of pyridine rings is 2. The highest BCUT2D eigenvalue weighted by Gasteiger charge is 2.33. The highest BCUT2D eigenvalue weighted by Crippen LogP contribution is 2.39. The van der Waals surface area contributed by atoms with Gasteiger partial charge in [0.15, 0.2) is 0 Å². The van der Waals surface area contributed by atoms with Crippen LogP contribution in [0.5, 0.6) is 0 Å². The summed E-state index contributed by atoms with van der Waals surface area (Å²) in [5.74, 6) is -2.77. The summed E-state index contributed by atoms with van der Waals surface area (Å²) < 4.78 is 28.8. The first-order valence-corrected chi connectivity index (χ1v) is 7.81. The van der Waals surface area contributed by atoms with Gasteiger partial charge < -0.3 is 9.67 Å². The van der Waals surface area contributed by atoms with Crippen molar-refractivity contribution in [1.82, 2.24) is 9.55 Å². The van der Waals surface area contributed by atoms with E-state index in [0.29, 0.717) is 15.8 Å². The van der Waals surface area contributed by atoms with E-state index < -0.39 is 5.92 Å². The van der Waals surface area contributed by atoms with Crippen molar-refractivity contribution in [3.8, 4) is 0 Å². The molecule has 7 heteroatoms. The molecule has 3 rings (SSSR count). The van der Waals surface area contributed by atoms with Crippen molar-refractivity contribution in [2.45, 2.75) is 31.7 Å². The van der Waals surface area contributed by atoms with Gasteiger partial charge in [0.05, 0.1) is 18.0 Å². The number of nitrogens with zero attached hydrogens (tertiary/aromatic N) is 2. The lowest BCUT2D eigenvalue weighted by molar-refractivity contribution is 0.0129. The van der Waals surface area contributed by atoms with Crippen LogP contribution in [0.2, 0.25) is 0 Å². The predicted molar refractivity (Wildman–Crippen MR) is 82.1 cm³/mol. The number of rotatable bonds is 4. The summed E-state index contributed by atoms with van der Waals surface area (Å²) in [4.78, 5) is 16.3. The van der Waals surface area contributed by atoms with Crippen LogP contribution in [0.3, 0.4) is 0 Å². The predicted octanol–water partition coefficient (Wildman–Crippen LogP) is 3.21. The maximum absolute atomic E-state index is 13.4. The van der Waals surface area contributed by atoms with Gasteiger partial charge in [-0.05, 0) is 40.8 Å². The molecule has 4 nitrogen and oxygen atoms in total. The fourth-order valence-corrected chi connectivity index (χ4v) is 3.19. The summed E-state index contributed by atoms with van der Waals surface area (Å²) in [6.07, 6.45) is 4.72. The Hall–Kier alpha value is -1.34. The van der Waals surface area contributed by atoms with Gasteiger partial charge >= 0.3 is 0 Å². The number of aliphatic hydroxyl groups is 1. The highest BCUT2D eigenvalue weighted by molar-refractivity contribution is 9.10. The number of aromatic nitrogens is 2. The molecule has 1 unspecified atom stereocenters.